The number of anilines is 1. The molecule has 3 heterocycles. The van der Waals surface area contributed by atoms with E-state index in [4.69, 9.17) is 9.47 Å². The van der Waals surface area contributed by atoms with Gasteiger partial charge in [0.15, 0.2) is 5.79 Å². The molecule has 2 aliphatic heterocycles. The van der Waals surface area contributed by atoms with Crippen molar-refractivity contribution in [1.29, 1.82) is 0 Å². The van der Waals surface area contributed by atoms with Crippen molar-refractivity contribution in [3.8, 4) is 0 Å². The molecule has 0 N–H and O–H groups in total. The highest BCUT2D eigenvalue weighted by Crippen LogP contribution is 2.35. The maximum absolute atomic E-state index is 5.95. The molecule has 0 aromatic carbocycles. The molecule has 5 heteroatoms. The fourth-order valence-corrected chi connectivity index (χ4v) is 3.34. The first-order valence-electron chi connectivity index (χ1n) is 6.77. The first-order chi connectivity index (χ1) is 9.08. The maximum atomic E-state index is 5.95. The van der Waals surface area contributed by atoms with Gasteiger partial charge in [0.1, 0.15) is 5.82 Å². The summed E-state index contributed by atoms with van der Waals surface area (Å²) in [5, 5.41) is 0. The maximum Gasteiger partial charge on any atom is 0.172 e. The molecule has 1 aromatic rings. The Hall–Kier alpha value is -0.650. The van der Waals surface area contributed by atoms with Crippen LogP contribution in [0.5, 0.6) is 0 Å². The van der Waals surface area contributed by atoms with Crippen LogP contribution >= 0.6 is 15.9 Å². The molecule has 1 atom stereocenters. The smallest absolute Gasteiger partial charge is 0.172 e. The van der Waals surface area contributed by atoms with Gasteiger partial charge in [-0.3, -0.25) is 0 Å². The lowest BCUT2D eigenvalue weighted by Gasteiger charge is -2.38. The highest BCUT2D eigenvalue weighted by atomic mass is 79.9. The minimum atomic E-state index is -0.334. The Bertz CT molecular complexity index is 473. The van der Waals surface area contributed by atoms with Crippen LogP contribution in [0.15, 0.2) is 16.7 Å². The average molecular weight is 327 g/mol. The number of hydrogen-bond acceptors (Lipinski definition) is 4. The third kappa shape index (κ3) is 2.64. The van der Waals surface area contributed by atoms with Gasteiger partial charge in [-0.2, -0.15) is 0 Å². The van der Waals surface area contributed by atoms with E-state index in [1.165, 1.54) is 5.56 Å². The van der Waals surface area contributed by atoms with Crippen molar-refractivity contribution in [2.45, 2.75) is 38.6 Å². The number of hydrogen-bond donors (Lipinski definition) is 0. The third-order valence-electron chi connectivity index (χ3n) is 3.84. The van der Waals surface area contributed by atoms with Gasteiger partial charge in [-0.1, -0.05) is 0 Å². The Kier molecular flexibility index (Phi) is 3.53. The van der Waals surface area contributed by atoms with Crippen molar-refractivity contribution in [3.05, 3.63) is 22.3 Å². The molecular weight excluding hydrogens is 308 g/mol. The van der Waals surface area contributed by atoms with Crippen LogP contribution in [0.4, 0.5) is 5.82 Å². The van der Waals surface area contributed by atoms with Gasteiger partial charge in [-0.25, -0.2) is 4.98 Å². The SMILES string of the molecule is Cc1cc(Br)cnc1N1CCC2(CC1)OC[C@H](C)O2. The van der Waals surface area contributed by atoms with E-state index in [-0.39, 0.29) is 11.9 Å². The lowest BCUT2D eigenvalue weighted by atomic mass is 10.0. The van der Waals surface area contributed by atoms with Crippen LogP contribution in [-0.4, -0.2) is 36.6 Å². The number of nitrogens with zero attached hydrogens (tertiary/aromatic N) is 2. The summed E-state index contributed by atoms with van der Waals surface area (Å²) < 4.78 is 12.8. The molecule has 0 saturated carbocycles. The second-order valence-corrected chi connectivity index (χ2v) is 6.35. The lowest BCUT2D eigenvalue weighted by Crippen LogP contribution is -2.45. The predicted molar refractivity (Wildman–Crippen MR) is 77.4 cm³/mol. The minimum Gasteiger partial charge on any atom is -0.356 e. The molecule has 19 heavy (non-hydrogen) atoms. The van der Waals surface area contributed by atoms with E-state index in [1.807, 2.05) is 6.20 Å². The zero-order valence-electron chi connectivity index (χ0n) is 11.4. The Morgan fingerprint density at radius 2 is 2.16 bits per heavy atom. The van der Waals surface area contributed by atoms with E-state index in [2.05, 4.69) is 45.7 Å². The number of rotatable bonds is 1. The fourth-order valence-electron chi connectivity index (χ4n) is 2.89. The summed E-state index contributed by atoms with van der Waals surface area (Å²) in [6.07, 6.45) is 3.90. The van der Waals surface area contributed by atoms with Gasteiger partial charge < -0.3 is 14.4 Å². The van der Waals surface area contributed by atoms with Crippen LogP contribution < -0.4 is 4.90 Å². The molecule has 1 aromatic heterocycles. The standard InChI is InChI=1S/C14H19BrN2O2/c1-10-7-12(15)8-16-13(10)17-5-3-14(4-6-17)18-9-11(2)19-14/h7-8,11H,3-6,9H2,1-2H3/t11-/m0/s1. The summed E-state index contributed by atoms with van der Waals surface area (Å²) >= 11 is 3.45. The monoisotopic (exact) mass is 326 g/mol. The van der Waals surface area contributed by atoms with Gasteiger partial charge in [0.05, 0.1) is 12.7 Å². The first kappa shape index (κ1) is 13.3. The Balaban J connectivity index is 1.70. The fraction of sp³-hybridized carbons (Fsp3) is 0.643. The Labute approximate surface area is 122 Å². The molecule has 0 amide bonds. The molecule has 104 valence electrons. The highest BCUT2D eigenvalue weighted by molar-refractivity contribution is 9.10. The number of aromatic nitrogens is 1. The van der Waals surface area contributed by atoms with E-state index >= 15 is 0 Å². The zero-order chi connectivity index (χ0) is 13.5. The summed E-state index contributed by atoms with van der Waals surface area (Å²) in [4.78, 5) is 6.85. The van der Waals surface area contributed by atoms with Crippen LogP contribution in [0.25, 0.3) is 0 Å². The van der Waals surface area contributed by atoms with E-state index in [0.717, 1.165) is 42.8 Å². The normalized spacial score (nSPS) is 26.1. The van der Waals surface area contributed by atoms with Crippen molar-refractivity contribution >= 4 is 21.7 Å². The van der Waals surface area contributed by atoms with Gasteiger partial charge in [0, 0.05) is 36.6 Å². The zero-order valence-corrected chi connectivity index (χ0v) is 12.9. The van der Waals surface area contributed by atoms with Crippen LogP contribution in [0, 0.1) is 6.92 Å². The van der Waals surface area contributed by atoms with Crippen molar-refractivity contribution < 1.29 is 9.47 Å². The first-order valence-corrected chi connectivity index (χ1v) is 7.56. The minimum absolute atomic E-state index is 0.221. The molecule has 1 spiro atoms. The number of halogens is 1. The summed E-state index contributed by atoms with van der Waals surface area (Å²) in [7, 11) is 0. The van der Waals surface area contributed by atoms with Crippen LogP contribution in [0.1, 0.15) is 25.3 Å². The largest absolute Gasteiger partial charge is 0.356 e. The van der Waals surface area contributed by atoms with Crippen molar-refractivity contribution in [2.75, 3.05) is 24.6 Å². The molecule has 0 bridgehead atoms. The average Bonchev–Trinajstić information content (AvgIpc) is 2.73. The summed E-state index contributed by atoms with van der Waals surface area (Å²) in [6.45, 7) is 6.75. The van der Waals surface area contributed by atoms with E-state index < -0.39 is 0 Å². The molecule has 0 radical (unpaired) electrons. The van der Waals surface area contributed by atoms with E-state index in [9.17, 15) is 0 Å². The van der Waals surface area contributed by atoms with Crippen molar-refractivity contribution in [2.24, 2.45) is 0 Å². The van der Waals surface area contributed by atoms with E-state index in [0.29, 0.717) is 0 Å². The summed E-state index contributed by atoms with van der Waals surface area (Å²) in [5.74, 6) is 0.739. The van der Waals surface area contributed by atoms with Gasteiger partial charge in [0.2, 0.25) is 0 Å². The second-order valence-electron chi connectivity index (χ2n) is 5.43. The van der Waals surface area contributed by atoms with Crippen LogP contribution in [-0.2, 0) is 9.47 Å². The van der Waals surface area contributed by atoms with E-state index in [1.54, 1.807) is 0 Å². The van der Waals surface area contributed by atoms with Gasteiger partial charge in [-0.05, 0) is 41.4 Å². The number of ether oxygens (including phenoxy) is 2. The second kappa shape index (κ2) is 5.04. The van der Waals surface area contributed by atoms with Crippen LogP contribution in [0.3, 0.4) is 0 Å². The molecule has 0 aliphatic carbocycles. The summed E-state index contributed by atoms with van der Waals surface area (Å²) in [6, 6.07) is 2.11. The topological polar surface area (TPSA) is 34.6 Å². The molecule has 4 nitrogen and oxygen atoms in total. The van der Waals surface area contributed by atoms with Gasteiger partial charge >= 0.3 is 0 Å². The number of aryl methyl sites for hydroxylation is 1. The number of piperidine rings is 1. The highest BCUT2D eigenvalue weighted by Gasteiger charge is 2.42. The van der Waals surface area contributed by atoms with Gasteiger partial charge in [-0.15, -0.1) is 0 Å². The number of pyridine rings is 1. The Morgan fingerprint density at radius 1 is 1.42 bits per heavy atom. The molecule has 2 aliphatic rings. The van der Waals surface area contributed by atoms with Crippen LogP contribution in [0.2, 0.25) is 0 Å². The van der Waals surface area contributed by atoms with Gasteiger partial charge in [0.25, 0.3) is 0 Å². The Morgan fingerprint density at radius 3 is 2.74 bits per heavy atom. The predicted octanol–water partition coefficient (Wildman–Crippen LogP) is 2.88. The molecule has 2 saturated heterocycles. The third-order valence-corrected chi connectivity index (χ3v) is 4.27. The van der Waals surface area contributed by atoms with Crippen molar-refractivity contribution in [3.63, 3.8) is 0 Å². The molecule has 2 fully saturated rings. The molecule has 3 rings (SSSR count). The quantitative estimate of drug-likeness (QED) is 0.794. The summed E-state index contributed by atoms with van der Waals surface area (Å²) in [5.41, 5.74) is 1.20. The molecular formula is C14H19BrN2O2. The van der Waals surface area contributed by atoms with Crippen molar-refractivity contribution in [1.82, 2.24) is 4.98 Å². The molecule has 0 unspecified atom stereocenters. The lowest BCUT2D eigenvalue weighted by molar-refractivity contribution is -0.178.